The number of nitrogens with zero attached hydrogens (tertiary/aromatic N) is 1. The van der Waals surface area contributed by atoms with Gasteiger partial charge in [0.1, 0.15) is 6.10 Å². The van der Waals surface area contributed by atoms with Crippen LogP contribution in [0, 0.1) is 11.8 Å². The van der Waals surface area contributed by atoms with Crippen LogP contribution in [0.25, 0.3) is 0 Å². The fourth-order valence-electron chi connectivity index (χ4n) is 2.30. The first-order valence-corrected chi connectivity index (χ1v) is 6.37. The Bertz CT molecular complexity index is 478. The van der Waals surface area contributed by atoms with E-state index in [4.69, 9.17) is 14.9 Å². The molecule has 0 aliphatic carbocycles. The van der Waals surface area contributed by atoms with Gasteiger partial charge in [0.05, 0.1) is 19.1 Å². The minimum atomic E-state index is -1.20. The lowest BCUT2D eigenvalue weighted by atomic mass is 10.0. The predicted molar refractivity (Wildman–Crippen MR) is 66.8 cm³/mol. The lowest BCUT2D eigenvalue weighted by Gasteiger charge is -2.35. The summed E-state index contributed by atoms with van der Waals surface area (Å²) in [4.78, 5) is 35.1. The summed E-state index contributed by atoms with van der Waals surface area (Å²) in [5.41, 5.74) is 0. The molecule has 0 saturated carbocycles. The van der Waals surface area contributed by atoms with Crippen LogP contribution >= 0.6 is 0 Å². The van der Waals surface area contributed by atoms with Gasteiger partial charge in [-0.3, -0.25) is 15.0 Å². The summed E-state index contributed by atoms with van der Waals surface area (Å²) >= 11 is 0. The zero-order valence-corrected chi connectivity index (χ0v) is 11.0. The van der Waals surface area contributed by atoms with E-state index in [0.29, 0.717) is 0 Å². The van der Waals surface area contributed by atoms with Crippen molar-refractivity contribution in [2.24, 2.45) is 11.8 Å². The molecule has 4 unspecified atom stereocenters. The second-order valence-electron chi connectivity index (χ2n) is 4.91. The Kier molecular flexibility index (Phi) is 4.56. The van der Waals surface area contributed by atoms with E-state index in [9.17, 15) is 19.5 Å². The van der Waals surface area contributed by atoms with E-state index in [2.05, 4.69) is 5.32 Å². The molecular formula is C12H16N2O7. The number of nitrogens with one attached hydrogen (secondary N) is 1. The Morgan fingerprint density at radius 1 is 1.48 bits per heavy atom. The smallest absolute Gasteiger partial charge is 0.328 e. The van der Waals surface area contributed by atoms with Crippen LogP contribution in [0.5, 0.6) is 0 Å². The standard InChI is InChI=1S/C12H16N2O7/c15-4-7-5-21-11(9(7)18)14-3-6(1-2-8(16)17)10(19)13-12(14)20/h1-2,6-7,9,11,15,18H,3-5H2,(H,16,17)(H,13,19,20)/b2-1+. The third-order valence-corrected chi connectivity index (χ3v) is 3.49. The molecule has 2 saturated heterocycles. The third kappa shape index (κ3) is 3.20. The highest BCUT2D eigenvalue weighted by Crippen LogP contribution is 2.25. The highest BCUT2D eigenvalue weighted by Gasteiger charge is 2.44. The Labute approximate surface area is 119 Å². The summed E-state index contributed by atoms with van der Waals surface area (Å²) in [5, 5.41) is 29.7. The molecule has 2 rings (SSSR count). The molecule has 4 N–H and O–H groups in total. The zero-order chi connectivity index (χ0) is 15.6. The van der Waals surface area contributed by atoms with Gasteiger partial charge in [-0.25, -0.2) is 9.59 Å². The Balaban J connectivity index is 2.10. The van der Waals surface area contributed by atoms with Crippen molar-refractivity contribution < 1.29 is 34.4 Å². The van der Waals surface area contributed by atoms with Crippen molar-refractivity contribution in [3.8, 4) is 0 Å². The van der Waals surface area contributed by atoms with Crippen LogP contribution in [0.15, 0.2) is 12.2 Å². The third-order valence-electron chi connectivity index (χ3n) is 3.49. The van der Waals surface area contributed by atoms with Gasteiger partial charge in [-0.1, -0.05) is 6.08 Å². The number of amides is 3. The van der Waals surface area contributed by atoms with Crippen molar-refractivity contribution in [3.05, 3.63) is 12.2 Å². The van der Waals surface area contributed by atoms with Gasteiger partial charge in [-0.05, 0) is 0 Å². The summed E-state index contributed by atoms with van der Waals surface area (Å²) in [6.45, 7) is -0.293. The number of carboxylic acid groups (broad SMARTS) is 1. The number of aliphatic carboxylic acids is 1. The van der Waals surface area contributed by atoms with Crippen molar-refractivity contribution in [1.82, 2.24) is 10.2 Å². The number of imide groups is 1. The highest BCUT2D eigenvalue weighted by molar-refractivity contribution is 5.99. The number of aliphatic hydroxyl groups excluding tert-OH is 2. The maximum Gasteiger partial charge on any atom is 0.328 e. The largest absolute Gasteiger partial charge is 0.478 e. The summed E-state index contributed by atoms with van der Waals surface area (Å²) in [7, 11) is 0. The van der Waals surface area contributed by atoms with Crippen LogP contribution in [0.3, 0.4) is 0 Å². The summed E-state index contributed by atoms with van der Waals surface area (Å²) in [6, 6.07) is -0.720. The van der Waals surface area contributed by atoms with Crippen LogP contribution in [-0.4, -0.2) is 70.2 Å². The molecule has 0 radical (unpaired) electrons. The number of rotatable bonds is 4. The Morgan fingerprint density at radius 3 is 2.76 bits per heavy atom. The number of carbonyl (C=O) groups excluding carboxylic acids is 2. The normalized spacial score (nSPS) is 33.5. The van der Waals surface area contributed by atoms with Gasteiger partial charge in [0.2, 0.25) is 5.91 Å². The fourth-order valence-corrected chi connectivity index (χ4v) is 2.30. The monoisotopic (exact) mass is 300 g/mol. The molecule has 0 aromatic rings. The van der Waals surface area contributed by atoms with Crippen molar-refractivity contribution >= 4 is 17.9 Å². The summed E-state index contributed by atoms with van der Waals surface area (Å²) in [5.74, 6) is -3.17. The van der Waals surface area contributed by atoms with Gasteiger partial charge in [-0.15, -0.1) is 0 Å². The SMILES string of the molecule is O=C(O)/C=C/C1CN(C2OCC(CO)C2O)C(=O)NC1=O. The van der Waals surface area contributed by atoms with Crippen molar-refractivity contribution in [1.29, 1.82) is 0 Å². The van der Waals surface area contributed by atoms with Gasteiger partial charge < -0.3 is 20.1 Å². The van der Waals surface area contributed by atoms with Crippen LogP contribution in [0.2, 0.25) is 0 Å². The van der Waals surface area contributed by atoms with Crippen LogP contribution < -0.4 is 5.32 Å². The second-order valence-corrected chi connectivity index (χ2v) is 4.91. The van der Waals surface area contributed by atoms with Crippen LogP contribution in [-0.2, 0) is 14.3 Å². The van der Waals surface area contributed by atoms with Gasteiger partial charge in [-0.2, -0.15) is 0 Å². The molecular weight excluding hydrogens is 284 g/mol. The van der Waals surface area contributed by atoms with E-state index >= 15 is 0 Å². The molecule has 2 fully saturated rings. The summed E-state index contributed by atoms with van der Waals surface area (Å²) in [6.07, 6.45) is -0.0585. The quantitative estimate of drug-likeness (QED) is 0.446. The number of hydrogen-bond donors (Lipinski definition) is 4. The molecule has 2 aliphatic heterocycles. The maximum atomic E-state index is 11.8. The van der Waals surface area contributed by atoms with Crippen molar-refractivity contribution in [2.75, 3.05) is 19.8 Å². The maximum absolute atomic E-state index is 11.8. The lowest BCUT2D eigenvalue weighted by Crippen LogP contribution is -2.59. The second kappa shape index (κ2) is 6.20. The minimum Gasteiger partial charge on any atom is -0.478 e. The van der Waals surface area contributed by atoms with E-state index < -0.39 is 42.1 Å². The van der Waals surface area contributed by atoms with Crippen molar-refractivity contribution in [2.45, 2.75) is 12.3 Å². The van der Waals surface area contributed by atoms with Gasteiger partial charge >= 0.3 is 12.0 Å². The first-order chi connectivity index (χ1) is 9.93. The lowest BCUT2D eigenvalue weighted by molar-refractivity contribution is -0.131. The van der Waals surface area contributed by atoms with Gasteiger partial charge in [0.15, 0.2) is 6.23 Å². The molecule has 9 nitrogen and oxygen atoms in total. The minimum absolute atomic E-state index is 0.0929. The Morgan fingerprint density at radius 2 is 2.19 bits per heavy atom. The molecule has 2 heterocycles. The van der Waals surface area contributed by atoms with Crippen LogP contribution in [0.4, 0.5) is 4.79 Å². The molecule has 0 spiro atoms. The molecule has 3 amide bonds. The Hall–Kier alpha value is -1.97. The first-order valence-electron chi connectivity index (χ1n) is 6.37. The molecule has 4 atom stereocenters. The molecule has 2 aliphatic rings. The average molecular weight is 300 g/mol. The van der Waals surface area contributed by atoms with E-state index in [1.165, 1.54) is 6.08 Å². The number of ether oxygens (including phenoxy) is 1. The number of urea groups is 1. The van der Waals surface area contributed by atoms with E-state index in [1.807, 2.05) is 0 Å². The topological polar surface area (TPSA) is 136 Å². The molecule has 0 bridgehead atoms. The average Bonchev–Trinajstić information content (AvgIpc) is 2.78. The molecule has 9 heteroatoms. The van der Waals surface area contributed by atoms with E-state index in [-0.39, 0.29) is 19.8 Å². The van der Waals surface area contributed by atoms with Gasteiger partial charge in [0.25, 0.3) is 0 Å². The van der Waals surface area contributed by atoms with E-state index in [1.54, 1.807) is 0 Å². The predicted octanol–water partition coefficient (Wildman–Crippen LogP) is -1.88. The first kappa shape index (κ1) is 15.4. The fraction of sp³-hybridized carbons (Fsp3) is 0.583. The van der Waals surface area contributed by atoms with E-state index in [0.717, 1.165) is 11.0 Å². The molecule has 0 aromatic heterocycles. The number of hydrogen-bond acceptors (Lipinski definition) is 6. The number of carbonyl (C=O) groups is 3. The van der Waals surface area contributed by atoms with Crippen molar-refractivity contribution in [3.63, 3.8) is 0 Å². The van der Waals surface area contributed by atoms with Crippen LogP contribution in [0.1, 0.15) is 0 Å². The number of aliphatic hydroxyl groups is 2. The van der Waals surface area contributed by atoms with Gasteiger partial charge in [0, 0.05) is 18.5 Å². The molecule has 21 heavy (non-hydrogen) atoms. The molecule has 0 aromatic carbocycles. The summed E-state index contributed by atoms with van der Waals surface area (Å²) < 4.78 is 5.29. The zero-order valence-electron chi connectivity index (χ0n) is 11.0. The number of carboxylic acids is 1. The highest BCUT2D eigenvalue weighted by atomic mass is 16.5. The molecule has 116 valence electrons.